The van der Waals surface area contributed by atoms with E-state index in [0.717, 1.165) is 39.1 Å². The minimum absolute atomic E-state index is 0.0628. The molecule has 0 atom stereocenters. The van der Waals surface area contributed by atoms with Gasteiger partial charge in [0.15, 0.2) is 5.65 Å². The van der Waals surface area contributed by atoms with Crippen molar-refractivity contribution >= 4 is 28.4 Å². The van der Waals surface area contributed by atoms with Gasteiger partial charge in [-0.2, -0.15) is 5.10 Å². The Morgan fingerprint density at radius 3 is 2.67 bits per heavy atom. The molecule has 182 valence electrons. The van der Waals surface area contributed by atoms with Crippen molar-refractivity contribution in [2.24, 2.45) is 0 Å². The van der Waals surface area contributed by atoms with Crippen molar-refractivity contribution in [1.82, 2.24) is 25.2 Å². The molecule has 8 nitrogen and oxygen atoms in total. The van der Waals surface area contributed by atoms with Crippen molar-refractivity contribution < 1.29 is 14.0 Å². The molecule has 5 aromatic rings. The third kappa shape index (κ3) is 4.84. The van der Waals surface area contributed by atoms with Crippen molar-refractivity contribution in [1.29, 1.82) is 0 Å². The van der Waals surface area contributed by atoms with Crippen molar-refractivity contribution in [3.05, 3.63) is 101 Å². The van der Waals surface area contributed by atoms with Crippen LogP contribution in [0.5, 0.6) is 0 Å². The van der Waals surface area contributed by atoms with Gasteiger partial charge in [0, 0.05) is 35.3 Å². The van der Waals surface area contributed by atoms with E-state index >= 15 is 0 Å². The zero-order valence-electron chi connectivity index (χ0n) is 20.2. The Bertz CT molecular complexity index is 1550. The van der Waals surface area contributed by atoms with Crippen LogP contribution >= 0.6 is 0 Å². The number of aromatic nitrogens is 3. The molecular weight excluding hydrogens is 454 g/mol. The number of nitrogens with one attached hydrogen (secondary N) is 2. The number of carbonyl (C=O) groups excluding carboxylic acids is 2. The largest absolute Gasteiger partial charge is 0.467 e. The van der Waals surface area contributed by atoms with Crippen molar-refractivity contribution in [3.63, 3.8) is 0 Å². The van der Waals surface area contributed by atoms with E-state index in [4.69, 9.17) is 9.40 Å². The number of benzene rings is 2. The molecule has 0 aliphatic heterocycles. The van der Waals surface area contributed by atoms with Gasteiger partial charge in [0.05, 0.1) is 18.3 Å². The van der Waals surface area contributed by atoms with Crippen LogP contribution in [-0.4, -0.2) is 26.4 Å². The average Bonchev–Trinajstić information content (AvgIpc) is 3.54. The van der Waals surface area contributed by atoms with Gasteiger partial charge < -0.3 is 15.1 Å². The van der Waals surface area contributed by atoms with E-state index < -0.39 is 0 Å². The summed E-state index contributed by atoms with van der Waals surface area (Å²) >= 11 is 0. The molecule has 2 amide bonds. The number of hydrogen-bond donors (Lipinski definition) is 2. The molecule has 0 radical (unpaired) electrons. The van der Waals surface area contributed by atoms with Gasteiger partial charge in [0.2, 0.25) is 5.91 Å². The first-order chi connectivity index (χ1) is 17.5. The van der Waals surface area contributed by atoms with Gasteiger partial charge in [0.25, 0.3) is 5.91 Å². The number of carbonyl (C=O) groups is 2. The standard InChI is InChI=1S/C28H27N5O3/c1-18-23(19(2)33-27(31-18)24-10-3-4-11-25(24)32-33)12-13-26(34)29-16-20-7-5-8-21(15-20)28(35)30-17-22-9-6-14-36-22/h3-11,14-15H,12-13,16-17H2,1-2H3,(H,29,34)(H,30,35). The summed E-state index contributed by atoms with van der Waals surface area (Å²) in [5.74, 6) is 0.430. The fraction of sp³-hybridized carbons (Fsp3) is 0.214. The maximum Gasteiger partial charge on any atom is 0.251 e. The third-order valence-electron chi connectivity index (χ3n) is 6.30. The van der Waals surface area contributed by atoms with Gasteiger partial charge in [0.1, 0.15) is 5.76 Å². The molecule has 3 heterocycles. The van der Waals surface area contributed by atoms with Crippen molar-refractivity contribution in [2.75, 3.05) is 0 Å². The van der Waals surface area contributed by atoms with Crippen LogP contribution in [0.3, 0.4) is 0 Å². The second-order valence-electron chi connectivity index (χ2n) is 8.75. The molecule has 0 saturated carbocycles. The first-order valence-corrected chi connectivity index (χ1v) is 11.9. The quantitative estimate of drug-likeness (QED) is 0.345. The van der Waals surface area contributed by atoms with E-state index in [1.54, 1.807) is 30.5 Å². The fourth-order valence-electron chi connectivity index (χ4n) is 4.37. The summed E-state index contributed by atoms with van der Waals surface area (Å²) in [6.45, 7) is 4.66. The summed E-state index contributed by atoms with van der Waals surface area (Å²) in [5.41, 5.74) is 6.06. The van der Waals surface area contributed by atoms with E-state index in [9.17, 15) is 9.59 Å². The number of fused-ring (bicyclic) bond motifs is 3. The van der Waals surface area contributed by atoms with Crippen LogP contribution in [-0.2, 0) is 24.3 Å². The normalized spacial score (nSPS) is 11.2. The highest BCUT2D eigenvalue weighted by atomic mass is 16.3. The Hall–Kier alpha value is -4.46. The molecule has 3 aromatic heterocycles. The Morgan fingerprint density at radius 2 is 1.83 bits per heavy atom. The van der Waals surface area contributed by atoms with E-state index in [1.165, 1.54) is 0 Å². The highest BCUT2D eigenvalue weighted by molar-refractivity contribution is 5.94. The highest BCUT2D eigenvalue weighted by Gasteiger charge is 2.15. The number of aryl methyl sites for hydroxylation is 2. The van der Waals surface area contributed by atoms with Crippen LogP contribution in [0.25, 0.3) is 16.6 Å². The lowest BCUT2D eigenvalue weighted by Crippen LogP contribution is -2.25. The lowest BCUT2D eigenvalue weighted by molar-refractivity contribution is -0.121. The Morgan fingerprint density at radius 1 is 0.972 bits per heavy atom. The Labute approximate surface area is 208 Å². The average molecular weight is 482 g/mol. The van der Waals surface area contributed by atoms with E-state index in [-0.39, 0.29) is 11.8 Å². The predicted octanol–water partition coefficient (Wildman–Crippen LogP) is 4.27. The molecule has 0 spiro atoms. The molecule has 0 saturated heterocycles. The Balaban J connectivity index is 1.19. The molecular formula is C28H27N5O3. The van der Waals surface area contributed by atoms with Crippen molar-refractivity contribution in [2.45, 2.75) is 39.8 Å². The first-order valence-electron chi connectivity index (χ1n) is 11.9. The summed E-state index contributed by atoms with van der Waals surface area (Å²) in [6.07, 6.45) is 2.47. The number of nitrogens with zero attached hydrogens (tertiary/aromatic N) is 3. The van der Waals surface area contributed by atoms with E-state index in [2.05, 4.69) is 15.7 Å². The minimum Gasteiger partial charge on any atom is -0.467 e. The lowest BCUT2D eigenvalue weighted by Gasteiger charge is -2.11. The van der Waals surface area contributed by atoms with E-state index in [1.807, 2.05) is 54.8 Å². The molecule has 0 aliphatic rings. The molecule has 2 aromatic carbocycles. The fourth-order valence-corrected chi connectivity index (χ4v) is 4.37. The van der Waals surface area contributed by atoms with Gasteiger partial charge in [-0.1, -0.05) is 24.3 Å². The van der Waals surface area contributed by atoms with Gasteiger partial charge in [-0.05, 0) is 67.8 Å². The van der Waals surface area contributed by atoms with E-state index in [0.29, 0.717) is 37.3 Å². The molecule has 0 fully saturated rings. The number of amides is 2. The molecule has 5 rings (SSSR count). The molecule has 2 N–H and O–H groups in total. The first kappa shape index (κ1) is 23.3. The molecule has 0 unspecified atom stereocenters. The second-order valence-corrected chi connectivity index (χ2v) is 8.75. The zero-order valence-corrected chi connectivity index (χ0v) is 20.2. The van der Waals surface area contributed by atoms with Crippen LogP contribution < -0.4 is 10.6 Å². The number of rotatable bonds is 8. The molecule has 0 aliphatic carbocycles. The summed E-state index contributed by atoms with van der Waals surface area (Å²) < 4.78 is 7.11. The maximum atomic E-state index is 12.6. The monoisotopic (exact) mass is 481 g/mol. The van der Waals surface area contributed by atoms with Crippen LogP contribution in [0.15, 0.2) is 71.3 Å². The smallest absolute Gasteiger partial charge is 0.251 e. The molecule has 36 heavy (non-hydrogen) atoms. The Kier molecular flexibility index (Phi) is 6.49. The lowest BCUT2D eigenvalue weighted by atomic mass is 10.1. The minimum atomic E-state index is -0.195. The van der Waals surface area contributed by atoms with Crippen LogP contribution in [0.4, 0.5) is 0 Å². The van der Waals surface area contributed by atoms with Gasteiger partial charge in [-0.3, -0.25) is 9.59 Å². The highest BCUT2D eigenvalue weighted by Crippen LogP contribution is 2.23. The van der Waals surface area contributed by atoms with Crippen molar-refractivity contribution in [3.8, 4) is 0 Å². The van der Waals surface area contributed by atoms with Crippen LogP contribution in [0.1, 0.15) is 45.1 Å². The number of furan rings is 1. The summed E-state index contributed by atoms with van der Waals surface area (Å²) in [4.78, 5) is 29.9. The summed E-state index contributed by atoms with van der Waals surface area (Å²) in [5, 5.41) is 11.5. The molecule has 8 heteroatoms. The van der Waals surface area contributed by atoms with Crippen LogP contribution in [0.2, 0.25) is 0 Å². The predicted molar refractivity (Wildman–Crippen MR) is 136 cm³/mol. The zero-order chi connectivity index (χ0) is 25.1. The summed E-state index contributed by atoms with van der Waals surface area (Å²) in [6, 6.07) is 18.8. The topological polar surface area (TPSA) is 102 Å². The van der Waals surface area contributed by atoms with Gasteiger partial charge in [-0.15, -0.1) is 0 Å². The second kappa shape index (κ2) is 10.0. The van der Waals surface area contributed by atoms with Crippen LogP contribution in [0, 0.1) is 13.8 Å². The number of hydrogen-bond acceptors (Lipinski definition) is 5. The SMILES string of the molecule is Cc1nc2c3ccccc3nn2c(C)c1CCC(=O)NCc1cccc(C(=O)NCc2ccco2)c1. The van der Waals surface area contributed by atoms with Gasteiger partial charge in [-0.25, -0.2) is 9.50 Å². The molecule has 0 bridgehead atoms. The third-order valence-corrected chi connectivity index (χ3v) is 6.30. The maximum absolute atomic E-state index is 12.6. The summed E-state index contributed by atoms with van der Waals surface area (Å²) in [7, 11) is 0. The van der Waals surface area contributed by atoms with Gasteiger partial charge >= 0.3 is 0 Å².